The molecular formula is C22H29N5O3S. The van der Waals surface area contributed by atoms with Crippen LogP contribution in [0.5, 0.6) is 0 Å². The molecule has 166 valence electrons. The molecule has 0 spiro atoms. The average Bonchev–Trinajstić information content (AvgIpc) is 3.37. The molecule has 1 aliphatic carbocycles. The molecule has 1 aromatic heterocycles. The molecule has 3 atom stereocenters. The van der Waals surface area contributed by atoms with E-state index < -0.39 is 6.04 Å². The van der Waals surface area contributed by atoms with Crippen molar-refractivity contribution in [1.29, 1.82) is 0 Å². The van der Waals surface area contributed by atoms with Crippen LogP contribution < -0.4 is 16.6 Å². The summed E-state index contributed by atoms with van der Waals surface area (Å²) in [6.07, 6.45) is 5.96. The molecule has 9 heteroatoms. The molecule has 2 fully saturated rings. The maximum absolute atomic E-state index is 13.1. The van der Waals surface area contributed by atoms with Crippen LogP contribution in [0, 0.1) is 5.92 Å². The Balaban J connectivity index is 1.48. The van der Waals surface area contributed by atoms with Crippen molar-refractivity contribution in [2.45, 2.75) is 51.1 Å². The molecule has 0 radical (unpaired) electrons. The number of aromatic nitrogens is 1. The first kappa shape index (κ1) is 21.6. The van der Waals surface area contributed by atoms with E-state index in [9.17, 15) is 14.7 Å². The van der Waals surface area contributed by atoms with Crippen molar-refractivity contribution in [2.75, 3.05) is 18.5 Å². The van der Waals surface area contributed by atoms with Gasteiger partial charge in [0.05, 0.1) is 12.6 Å². The number of carbonyl (C=O) groups excluding carboxylic acids is 1. The van der Waals surface area contributed by atoms with Crippen molar-refractivity contribution in [3.8, 4) is 0 Å². The minimum Gasteiger partial charge on any atom is -0.394 e. The summed E-state index contributed by atoms with van der Waals surface area (Å²) in [4.78, 5) is 31.5. The Morgan fingerprint density at radius 3 is 2.81 bits per heavy atom. The van der Waals surface area contributed by atoms with Crippen molar-refractivity contribution < 1.29 is 9.90 Å². The minimum atomic E-state index is -0.396. The summed E-state index contributed by atoms with van der Waals surface area (Å²) >= 11 is 1.13. The zero-order valence-electron chi connectivity index (χ0n) is 17.6. The Hall–Kier alpha value is -2.65. The number of nitrogens with zero attached hydrogens (tertiary/aromatic N) is 2. The predicted octanol–water partition coefficient (Wildman–Crippen LogP) is 2.67. The largest absolute Gasteiger partial charge is 0.394 e. The van der Waals surface area contributed by atoms with Crippen molar-refractivity contribution in [3.63, 3.8) is 0 Å². The quantitative estimate of drug-likeness (QED) is 0.404. The first-order valence-corrected chi connectivity index (χ1v) is 11.6. The number of aliphatic hydroxyl groups excluding tert-OH is 1. The molecular weight excluding hydrogens is 414 g/mol. The number of hydrogen-bond acceptors (Lipinski definition) is 6. The van der Waals surface area contributed by atoms with Gasteiger partial charge in [0.25, 0.3) is 11.5 Å². The van der Waals surface area contributed by atoms with Crippen LogP contribution in [0.1, 0.15) is 54.9 Å². The number of H-pyrrole nitrogens is 1. The second-order valence-corrected chi connectivity index (χ2v) is 9.20. The maximum Gasteiger partial charge on any atom is 0.271 e. The number of anilines is 2. The van der Waals surface area contributed by atoms with Crippen molar-refractivity contribution in [2.24, 2.45) is 16.6 Å². The van der Waals surface area contributed by atoms with E-state index in [4.69, 9.17) is 5.73 Å². The van der Waals surface area contributed by atoms with Gasteiger partial charge in [-0.3, -0.25) is 19.0 Å². The Kier molecular flexibility index (Phi) is 6.43. The number of rotatable bonds is 6. The smallest absolute Gasteiger partial charge is 0.271 e. The molecule has 5 N–H and O–H groups in total. The lowest BCUT2D eigenvalue weighted by atomic mass is 9.85. The van der Waals surface area contributed by atoms with Gasteiger partial charge < -0.3 is 21.1 Å². The molecule has 2 aromatic rings. The third-order valence-electron chi connectivity index (χ3n) is 6.24. The Morgan fingerprint density at radius 1 is 1.32 bits per heavy atom. The van der Waals surface area contributed by atoms with Crippen LogP contribution in [-0.4, -0.2) is 51.4 Å². The summed E-state index contributed by atoms with van der Waals surface area (Å²) < 4.78 is 2.66. The average molecular weight is 444 g/mol. The number of aliphatic hydroxyl groups is 1. The summed E-state index contributed by atoms with van der Waals surface area (Å²) in [5.74, 6) is 0.839. The summed E-state index contributed by atoms with van der Waals surface area (Å²) in [5.41, 5.74) is 7.34. The van der Waals surface area contributed by atoms with Gasteiger partial charge in [-0.25, -0.2) is 0 Å². The van der Waals surface area contributed by atoms with Gasteiger partial charge in [-0.05, 0) is 67.9 Å². The molecule has 31 heavy (non-hydrogen) atoms. The number of amides is 1. The highest BCUT2D eigenvalue weighted by molar-refractivity contribution is 7.10. The molecule has 3 unspecified atom stereocenters. The van der Waals surface area contributed by atoms with Gasteiger partial charge in [0.1, 0.15) is 16.4 Å². The molecule has 2 aliphatic rings. The van der Waals surface area contributed by atoms with E-state index in [1.54, 1.807) is 6.92 Å². The maximum atomic E-state index is 13.1. The van der Waals surface area contributed by atoms with E-state index in [2.05, 4.69) is 19.6 Å². The van der Waals surface area contributed by atoms with E-state index in [1.165, 1.54) is 19.3 Å². The van der Waals surface area contributed by atoms with E-state index in [0.29, 0.717) is 22.5 Å². The van der Waals surface area contributed by atoms with Crippen LogP contribution in [0.3, 0.4) is 0 Å². The van der Waals surface area contributed by atoms with Gasteiger partial charge in [-0.1, -0.05) is 12.8 Å². The number of amidine groups is 1. The van der Waals surface area contributed by atoms with Gasteiger partial charge in [-0.2, -0.15) is 0 Å². The fourth-order valence-corrected chi connectivity index (χ4v) is 5.38. The Labute approximate surface area is 185 Å². The highest BCUT2D eigenvalue weighted by Crippen LogP contribution is 2.37. The number of hydrogen-bond donors (Lipinski definition) is 4. The van der Waals surface area contributed by atoms with Gasteiger partial charge >= 0.3 is 0 Å². The summed E-state index contributed by atoms with van der Waals surface area (Å²) in [6.45, 7) is 2.41. The van der Waals surface area contributed by atoms with Crippen LogP contribution in [0.25, 0.3) is 0 Å². The molecule has 1 saturated heterocycles. The topological polar surface area (TPSA) is 124 Å². The molecule has 1 aromatic carbocycles. The first-order valence-electron chi connectivity index (χ1n) is 10.8. The highest BCUT2D eigenvalue weighted by atomic mass is 32.1. The second kappa shape index (κ2) is 9.23. The Morgan fingerprint density at radius 2 is 2.06 bits per heavy atom. The SMILES string of the molecule is CC(CO)N=C(N)c1c(Nc2ccc(C(=O)N3CCC4CCCCC43)cc2)s[nH]c1=O. The van der Waals surface area contributed by atoms with Gasteiger partial charge in [-0.15, -0.1) is 0 Å². The fourth-order valence-electron chi connectivity index (χ4n) is 4.62. The molecule has 1 aliphatic heterocycles. The summed E-state index contributed by atoms with van der Waals surface area (Å²) in [5, 5.41) is 12.9. The molecule has 4 rings (SSSR count). The van der Waals surface area contributed by atoms with Crippen LogP contribution in [0.4, 0.5) is 10.7 Å². The number of likely N-dealkylation sites (tertiary alicyclic amines) is 1. The fraction of sp³-hybridized carbons (Fsp3) is 0.500. The zero-order chi connectivity index (χ0) is 22.0. The van der Waals surface area contributed by atoms with Crippen LogP contribution in [0.15, 0.2) is 34.1 Å². The summed E-state index contributed by atoms with van der Waals surface area (Å²) in [7, 11) is 0. The third kappa shape index (κ3) is 4.52. The zero-order valence-corrected chi connectivity index (χ0v) is 18.5. The number of benzene rings is 1. The van der Waals surface area contributed by atoms with Crippen LogP contribution in [-0.2, 0) is 0 Å². The number of aromatic amines is 1. The third-order valence-corrected chi connectivity index (χ3v) is 7.04. The standard InChI is InChI=1S/C22H29N5O3S/c1-13(12-28)24-19(23)18-20(29)26-31-21(18)25-16-8-6-15(7-9-16)22(30)27-11-10-14-4-2-3-5-17(14)27/h6-9,13-14,17,25,28H,2-5,10-12H2,1H3,(H2,23,24)(H,26,29). The van der Waals surface area contributed by atoms with Crippen LogP contribution in [0.2, 0.25) is 0 Å². The van der Waals surface area contributed by atoms with E-state index in [0.717, 1.165) is 36.6 Å². The Bertz CT molecular complexity index is 1010. The predicted molar refractivity (Wildman–Crippen MR) is 123 cm³/mol. The summed E-state index contributed by atoms with van der Waals surface area (Å²) in [6, 6.07) is 7.30. The number of fused-ring (bicyclic) bond motifs is 1. The first-order chi connectivity index (χ1) is 15.0. The molecule has 1 saturated carbocycles. The molecule has 0 bridgehead atoms. The van der Waals surface area contributed by atoms with Gasteiger partial charge in [0.2, 0.25) is 0 Å². The second-order valence-electron chi connectivity index (χ2n) is 8.38. The molecule has 8 nitrogen and oxygen atoms in total. The lowest BCUT2D eigenvalue weighted by Crippen LogP contribution is -2.39. The lowest BCUT2D eigenvalue weighted by Gasteiger charge is -2.31. The van der Waals surface area contributed by atoms with E-state index in [-0.39, 0.29) is 29.5 Å². The van der Waals surface area contributed by atoms with Crippen LogP contribution >= 0.6 is 11.5 Å². The number of aliphatic imine (C=N–C) groups is 1. The minimum absolute atomic E-state index is 0.0782. The van der Waals surface area contributed by atoms with Gasteiger partial charge in [0, 0.05) is 23.8 Å². The number of nitrogens with two attached hydrogens (primary N) is 1. The monoisotopic (exact) mass is 443 g/mol. The van der Waals surface area contributed by atoms with Crippen molar-refractivity contribution >= 4 is 34.0 Å². The van der Waals surface area contributed by atoms with Crippen molar-refractivity contribution in [3.05, 3.63) is 45.7 Å². The van der Waals surface area contributed by atoms with E-state index >= 15 is 0 Å². The van der Waals surface area contributed by atoms with Crippen molar-refractivity contribution in [1.82, 2.24) is 9.27 Å². The van der Waals surface area contributed by atoms with Gasteiger partial charge in [0.15, 0.2) is 0 Å². The molecule has 2 heterocycles. The highest BCUT2D eigenvalue weighted by Gasteiger charge is 2.38. The normalized spacial score (nSPS) is 22.3. The molecule has 1 amide bonds. The van der Waals surface area contributed by atoms with E-state index in [1.807, 2.05) is 24.3 Å². The lowest BCUT2D eigenvalue weighted by molar-refractivity contribution is 0.0690. The number of nitrogens with one attached hydrogen (secondary N) is 2. The number of carbonyl (C=O) groups is 1.